The zero-order chi connectivity index (χ0) is 24.0. The van der Waals surface area contributed by atoms with Crippen molar-refractivity contribution in [2.75, 3.05) is 14.2 Å². The first-order valence-corrected chi connectivity index (χ1v) is 10.8. The Hall–Kier alpha value is -3.49. The van der Waals surface area contributed by atoms with Gasteiger partial charge in [0.15, 0.2) is 0 Å². The molecule has 33 heavy (non-hydrogen) atoms. The van der Waals surface area contributed by atoms with Gasteiger partial charge in [0.2, 0.25) is 6.19 Å². The number of benzene rings is 2. The maximum absolute atomic E-state index is 14.6. The fraction of sp³-hybridized carbons (Fsp3) is 0.273. The molecule has 1 aliphatic rings. The molecule has 2 N–H and O–H groups in total. The van der Waals surface area contributed by atoms with Gasteiger partial charge in [0.25, 0.3) is 0 Å². The number of carbonyl (C=O) groups is 1. The summed E-state index contributed by atoms with van der Waals surface area (Å²) in [5.41, 5.74) is 6.43. The lowest BCUT2D eigenvalue weighted by molar-refractivity contribution is -0.0805. The van der Waals surface area contributed by atoms with Crippen molar-refractivity contribution in [3.05, 3.63) is 71.3 Å². The minimum absolute atomic E-state index is 0.0544. The Kier molecular flexibility index (Phi) is 7.63. The van der Waals surface area contributed by atoms with E-state index in [4.69, 9.17) is 15.8 Å². The van der Waals surface area contributed by atoms with Crippen molar-refractivity contribution >= 4 is 28.7 Å². The third-order valence-electron chi connectivity index (χ3n) is 5.05. The van der Waals surface area contributed by atoms with Crippen molar-refractivity contribution in [2.45, 2.75) is 24.1 Å². The fourth-order valence-corrected chi connectivity index (χ4v) is 4.80. The Morgan fingerprint density at radius 2 is 2.06 bits per heavy atom. The number of hydroxylamine groups is 2. The number of rotatable bonds is 7. The highest BCUT2D eigenvalue weighted by Crippen LogP contribution is 2.51. The van der Waals surface area contributed by atoms with Crippen LogP contribution in [0.2, 0.25) is 0 Å². The van der Waals surface area contributed by atoms with Gasteiger partial charge in [-0.3, -0.25) is 4.84 Å². The smallest absolute Gasteiger partial charge is 0.365 e. The van der Waals surface area contributed by atoms with Gasteiger partial charge in [-0.05, 0) is 36.6 Å². The minimum atomic E-state index is -1.11. The van der Waals surface area contributed by atoms with E-state index >= 15 is 0 Å². The normalized spacial score (nSPS) is 18.1. The molecule has 3 rings (SSSR count). The molecule has 172 valence electrons. The highest BCUT2D eigenvalue weighted by atomic mass is 32.2. The van der Waals surface area contributed by atoms with Crippen molar-refractivity contribution in [1.29, 1.82) is 5.26 Å². The third-order valence-corrected chi connectivity index (χ3v) is 6.49. The number of hydrogen-bond donors (Lipinski definition) is 1. The number of amides is 2. The molecule has 2 amide bonds. The average Bonchev–Trinajstić information content (AvgIpc) is 3.20. The number of aliphatic imine (C=N–C) groups is 1. The molecular weight excluding hydrogens is 450 g/mol. The molecular formula is C22H22F2N6O2S. The van der Waals surface area contributed by atoms with Gasteiger partial charge in [0.05, 0.1) is 7.11 Å². The molecule has 2 aromatic rings. The second-order valence-corrected chi connectivity index (χ2v) is 8.38. The maximum atomic E-state index is 14.6. The number of hydrazone groups is 1. The van der Waals surface area contributed by atoms with Crippen LogP contribution in [0, 0.1) is 23.1 Å². The summed E-state index contributed by atoms with van der Waals surface area (Å²) in [4.78, 5) is 20.7. The number of nitriles is 1. The zero-order valence-electron chi connectivity index (χ0n) is 18.0. The Morgan fingerprint density at radius 1 is 1.33 bits per heavy atom. The summed E-state index contributed by atoms with van der Waals surface area (Å²) < 4.78 is 28.5. The molecule has 0 aliphatic carbocycles. The van der Waals surface area contributed by atoms with Crippen LogP contribution in [0.4, 0.5) is 13.6 Å². The van der Waals surface area contributed by atoms with Crippen LogP contribution in [0.25, 0.3) is 0 Å². The zero-order valence-corrected chi connectivity index (χ0v) is 18.9. The lowest BCUT2D eigenvalue weighted by Crippen LogP contribution is -2.46. The first-order chi connectivity index (χ1) is 15.8. The van der Waals surface area contributed by atoms with Crippen LogP contribution in [0.5, 0.6) is 0 Å². The summed E-state index contributed by atoms with van der Waals surface area (Å²) in [6, 6.07) is 11.6. The van der Waals surface area contributed by atoms with Crippen molar-refractivity contribution in [2.24, 2.45) is 15.8 Å². The van der Waals surface area contributed by atoms with Gasteiger partial charge in [0, 0.05) is 19.0 Å². The molecule has 0 aromatic heterocycles. The van der Waals surface area contributed by atoms with Crippen LogP contribution >= 0.6 is 11.8 Å². The van der Waals surface area contributed by atoms with E-state index < -0.39 is 22.5 Å². The molecule has 0 saturated heterocycles. The van der Waals surface area contributed by atoms with Gasteiger partial charge in [-0.1, -0.05) is 42.1 Å². The number of amidine groups is 1. The number of thioether (sulfide) groups is 1. The standard InChI is InChI=1S/C22H22F2N6O2S/c1-29(32-2)21(31)30-22(15-7-4-3-5-8-15,12-6-9-19(26)27-14-25)33-20(28-30)17-13-16(23)10-11-18(17)24/h3-5,7-8,10-11,13H,6,9,12H2,1-2H3,(H2,26,27). The van der Waals surface area contributed by atoms with Gasteiger partial charge in [0.1, 0.15) is 27.4 Å². The lowest BCUT2D eigenvalue weighted by Gasteiger charge is -2.37. The van der Waals surface area contributed by atoms with E-state index in [1.807, 2.05) is 30.3 Å². The van der Waals surface area contributed by atoms with Crippen molar-refractivity contribution in [3.8, 4) is 6.19 Å². The Labute approximate surface area is 194 Å². The molecule has 8 nitrogen and oxygen atoms in total. The Bertz CT molecular complexity index is 1120. The predicted octanol–water partition coefficient (Wildman–Crippen LogP) is 4.15. The van der Waals surface area contributed by atoms with E-state index in [1.54, 1.807) is 6.19 Å². The average molecular weight is 473 g/mol. The summed E-state index contributed by atoms with van der Waals surface area (Å²) in [7, 11) is 2.76. The molecule has 0 saturated carbocycles. The SMILES string of the molecule is CON(C)C(=O)N1N=C(c2cc(F)ccc2F)SC1(CCCC(N)=NC#N)c1ccccc1. The molecule has 1 heterocycles. The van der Waals surface area contributed by atoms with Gasteiger partial charge in [-0.25, -0.2) is 18.6 Å². The second-order valence-electron chi connectivity index (χ2n) is 7.11. The van der Waals surface area contributed by atoms with Crippen LogP contribution < -0.4 is 5.73 Å². The fourth-order valence-electron chi connectivity index (χ4n) is 3.38. The highest BCUT2D eigenvalue weighted by molar-refractivity contribution is 8.15. The molecule has 0 radical (unpaired) electrons. The molecule has 1 atom stereocenters. The largest absolute Gasteiger partial charge is 0.386 e. The summed E-state index contributed by atoms with van der Waals surface area (Å²) in [5, 5.41) is 15.5. The maximum Gasteiger partial charge on any atom is 0.365 e. The predicted molar refractivity (Wildman–Crippen MR) is 122 cm³/mol. The lowest BCUT2D eigenvalue weighted by atomic mass is 9.99. The number of urea groups is 1. The number of nitrogens with two attached hydrogens (primary N) is 1. The van der Waals surface area contributed by atoms with Gasteiger partial charge >= 0.3 is 6.03 Å². The molecule has 1 unspecified atom stereocenters. The number of halogens is 2. The van der Waals surface area contributed by atoms with E-state index in [2.05, 4.69) is 10.1 Å². The molecule has 0 fully saturated rings. The molecule has 0 spiro atoms. The van der Waals surface area contributed by atoms with E-state index in [0.29, 0.717) is 19.3 Å². The van der Waals surface area contributed by atoms with E-state index in [0.717, 1.165) is 40.6 Å². The molecule has 1 aliphatic heterocycles. The summed E-state index contributed by atoms with van der Waals surface area (Å²) >= 11 is 1.14. The van der Waals surface area contributed by atoms with E-state index in [-0.39, 0.29) is 16.4 Å². The topological polar surface area (TPSA) is 107 Å². The summed E-state index contributed by atoms with van der Waals surface area (Å²) in [6.45, 7) is 0. The van der Waals surface area contributed by atoms with Crippen molar-refractivity contribution in [1.82, 2.24) is 10.1 Å². The quantitative estimate of drug-likeness (QED) is 0.282. The second kappa shape index (κ2) is 10.4. The van der Waals surface area contributed by atoms with Crippen LogP contribution in [0.3, 0.4) is 0 Å². The first-order valence-electron chi connectivity index (χ1n) is 9.94. The Morgan fingerprint density at radius 3 is 2.73 bits per heavy atom. The van der Waals surface area contributed by atoms with E-state index in [1.165, 1.54) is 19.2 Å². The van der Waals surface area contributed by atoms with Crippen LogP contribution in [0.15, 0.2) is 58.6 Å². The molecule has 11 heteroatoms. The molecule has 0 bridgehead atoms. The van der Waals surface area contributed by atoms with Crippen LogP contribution in [-0.4, -0.2) is 41.1 Å². The van der Waals surface area contributed by atoms with Gasteiger partial charge in [-0.15, -0.1) is 0 Å². The van der Waals surface area contributed by atoms with Crippen molar-refractivity contribution < 1.29 is 18.4 Å². The van der Waals surface area contributed by atoms with Gasteiger partial charge < -0.3 is 5.73 Å². The van der Waals surface area contributed by atoms with Crippen molar-refractivity contribution in [3.63, 3.8) is 0 Å². The molecule has 2 aromatic carbocycles. The minimum Gasteiger partial charge on any atom is -0.386 e. The summed E-state index contributed by atoms with van der Waals surface area (Å²) in [6.07, 6.45) is 2.72. The number of carbonyl (C=O) groups excluding carboxylic acids is 1. The van der Waals surface area contributed by atoms with Gasteiger partial charge in [-0.2, -0.15) is 20.4 Å². The van der Waals surface area contributed by atoms with Crippen LogP contribution in [0.1, 0.15) is 30.4 Å². The number of nitrogens with zero attached hydrogens (tertiary/aromatic N) is 5. The number of hydrogen-bond acceptors (Lipinski definition) is 6. The Balaban J connectivity index is 2.10. The first kappa shape index (κ1) is 24.2. The van der Waals surface area contributed by atoms with E-state index in [9.17, 15) is 13.6 Å². The summed E-state index contributed by atoms with van der Waals surface area (Å²) in [5.74, 6) is -1.13. The highest BCUT2D eigenvalue weighted by Gasteiger charge is 2.49. The third kappa shape index (κ3) is 5.13. The van der Waals surface area contributed by atoms with Crippen LogP contribution in [-0.2, 0) is 9.71 Å². The monoisotopic (exact) mass is 472 g/mol.